The lowest BCUT2D eigenvalue weighted by molar-refractivity contribution is -0.133. The van der Waals surface area contributed by atoms with Crippen LogP contribution in [0.2, 0.25) is 0 Å². The van der Waals surface area contributed by atoms with E-state index in [0.29, 0.717) is 18.5 Å². The van der Waals surface area contributed by atoms with E-state index in [4.69, 9.17) is 0 Å². The number of amides is 1. The molecule has 5 heteroatoms. The Labute approximate surface area is 123 Å². The Morgan fingerprint density at radius 2 is 1.90 bits per heavy atom. The predicted octanol–water partition coefficient (Wildman–Crippen LogP) is 2.77. The third kappa shape index (κ3) is 2.63. The number of rotatable bonds is 5. The lowest BCUT2D eigenvalue weighted by Crippen LogP contribution is -2.35. The zero-order valence-corrected chi connectivity index (χ0v) is 12.5. The number of fused-ring (bicyclic) bond motifs is 1. The lowest BCUT2D eigenvalue weighted by atomic mass is 10.1. The van der Waals surface area contributed by atoms with Crippen LogP contribution in [0.1, 0.15) is 37.2 Å². The molecule has 5 nitrogen and oxygen atoms in total. The molecule has 112 valence electrons. The molecule has 0 saturated heterocycles. The van der Waals surface area contributed by atoms with Gasteiger partial charge in [-0.05, 0) is 39.0 Å². The summed E-state index contributed by atoms with van der Waals surface area (Å²) < 4.78 is 1.84. The highest BCUT2D eigenvalue weighted by Gasteiger charge is 2.21. The summed E-state index contributed by atoms with van der Waals surface area (Å²) >= 11 is 0. The van der Waals surface area contributed by atoms with Gasteiger partial charge in [0, 0.05) is 30.2 Å². The van der Waals surface area contributed by atoms with Gasteiger partial charge in [-0.25, -0.2) is 4.79 Å². The highest BCUT2D eigenvalue weighted by atomic mass is 16.4. The van der Waals surface area contributed by atoms with Crippen LogP contribution < -0.4 is 0 Å². The Balaban J connectivity index is 2.46. The van der Waals surface area contributed by atoms with Crippen molar-refractivity contribution < 1.29 is 14.7 Å². The van der Waals surface area contributed by atoms with Crippen LogP contribution in [0.4, 0.5) is 0 Å². The third-order valence-electron chi connectivity index (χ3n) is 3.84. The van der Waals surface area contributed by atoms with Crippen LogP contribution in [-0.4, -0.2) is 39.5 Å². The molecule has 1 unspecified atom stereocenters. The molecule has 0 aliphatic rings. The van der Waals surface area contributed by atoms with E-state index >= 15 is 0 Å². The third-order valence-corrected chi connectivity index (χ3v) is 3.84. The van der Waals surface area contributed by atoms with Gasteiger partial charge in [-0.1, -0.05) is 6.07 Å². The molecule has 0 aliphatic carbocycles. The smallest absolute Gasteiger partial charge is 0.336 e. The van der Waals surface area contributed by atoms with Gasteiger partial charge in [-0.15, -0.1) is 0 Å². The van der Waals surface area contributed by atoms with Crippen molar-refractivity contribution >= 4 is 22.8 Å². The Morgan fingerprint density at radius 1 is 1.24 bits per heavy atom. The van der Waals surface area contributed by atoms with Crippen LogP contribution in [0.5, 0.6) is 0 Å². The fraction of sp³-hybridized carbons (Fsp3) is 0.375. The van der Waals surface area contributed by atoms with Crippen LogP contribution in [-0.2, 0) is 4.79 Å². The Kier molecular flexibility index (Phi) is 4.31. The molecule has 0 bridgehead atoms. The number of aromatic nitrogens is 1. The van der Waals surface area contributed by atoms with E-state index in [2.05, 4.69) is 0 Å². The number of likely N-dealkylation sites (N-methyl/N-ethyl adjacent to an activating group) is 1. The number of hydrogen-bond acceptors (Lipinski definition) is 2. The zero-order chi connectivity index (χ0) is 15.6. The number of carbonyl (C=O) groups excluding carboxylic acids is 1. The van der Waals surface area contributed by atoms with Crippen molar-refractivity contribution in [2.45, 2.75) is 26.8 Å². The molecule has 0 radical (unpaired) electrons. The first-order chi connectivity index (χ1) is 10.0. The molecular weight excluding hydrogens is 268 g/mol. The van der Waals surface area contributed by atoms with Gasteiger partial charge in [0.05, 0.1) is 5.56 Å². The SMILES string of the molecule is CCN(CC)C(=O)C(C)n1ccc2c(C(=O)O)cccc21. The van der Waals surface area contributed by atoms with Crippen LogP contribution in [0.25, 0.3) is 10.9 Å². The predicted molar refractivity (Wildman–Crippen MR) is 81.5 cm³/mol. The molecule has 1 heterocycles. The molecule has 21 heavy (non-hydrogen) atoms. The standard InChI is InChI=1S/C16H20N2O3/c1-4-17(5-2)15(19)11(3)18-10-9-12-13(16(20)21)7-6-8-14(12)18/h6-11H,4-5H2,1-3H3,(H,20,21). The fourth-order valence-corrected chi connectivity index (χ4v) is 2.63. The topological polar surface area (TPSA) is 62.5 Å². The maximum absolute atomic E-state index is 12.5. The van der Waals surface area contributed by atoms with Crippen molar-refractivity contribution in [3.05, 3.63) is 36.0 Å². The van der Waals surface area contributed by atoms with Gasteiger partial charge in [-0.3, -0.25) is 4.79 Å². The van der Waals surface area contributed by atoms with Crippen LogP contribution in [0, 0.1) is 0 Å². The van der Waals surface area contributed by atoms with Crippen molar-refractivity contribution in [1.29, 1.82) is 0 Å². The highest BCUT2D eigenvalue weighted by molar-refractivity contribution is 6.03. The lowest BCUT2D eigenvalue weighted by Gasteiger charge is -2.24. The minimum atomic E-state index is -0.957. The van der Waals surface area contributed by atoms with Crippen LogP contribution >= 0.6 is 0 Å². The molecule has 1 aromatic heterocycles. The van der Waals surface area contributed by atoms with Gasteiger partial charge in [-0.2, -0.15) is 0 Å². The first-order valence-corrected chi connectivity index (χ1v) is 7.12. The molecule has 0 fully saturated rings. The summed E-state index contributed by atoms with van der Waals surface area (Å²) in [5.74, 6) is -0.917. The summed E-state index contributed by atoms with van der Waals surface area (Å²) in [6, 6.07) is 6.52. The van der Waals surface area contributed by atoms with Crippen molar-refractivity contribution in [2.24, 2.45) is 0 Å². The van der Waals surface area contributed by atoms with E-state index in [-0.39, 0.29) is 17.5 Å². The molecule has 1 atom stereocenters. The summed E-state index contributed by atoms with van der Waals surface area (Å²) in [6.45, 7) is 7.07. The summed E-state index contributed by atoms with van der Waals surface area (Å²) in [7, 11) is 0. The van der Waals surface area contributed by atoms with E-state index in [1.807, 2.05) is 31.4 Å². The van der Waals surface area contributed by atoms with Gasteiger partial charge in [0.25, 0.3) is 0 Å². The number of carbonyl (C=O) groups is 2. The summed E-state index contributed by atoms with van der Waals surface area (Å²) in [6.07, 6.45) is 1.78. The van der Waals surface area contributed by atoms with Crippen molar-refractivity contribution in [3.63, 3.8) is 0 Å². The molecular formula is C16H20N2O3. The molecule has 1 N–H and O–H groups in total. The maximum atomic E-state index is 12.5. The fourth-order valence-electron chi connectivity index (χ4n) is 2.63. The van der Waals surface area contributed by atoms with Crippen molar-refractivity contribution in [2.75, 3.05) is 13.1 Å². The van der Waals surface area contributed by atoms with Crippen molar-refractivity contribution in [3.8, 4) is 0 Å². The highest BCUT2D eigenvalue weighted by Crippen LogP contribution is 2.24. The Morgan fingerprint density at radius 3 is 2.48 bits per heavy atom. The van der Waals surface area contributed by atoms with Gasteiger partial charge >= 0.3 is 5.97 Å². The van der Waals surface area contributed by atoms with Gasteiger partial charge in [0.2, 0.25) is 5.91 Å². The number of nitrogens with zero attached hydrogens (tertiary/aromatic N) is 2. The van der Waals surface area contributed by atoms with Gasteiger partial charge in [0.15, 0.2) is 0 Å². The van der Waals surface area contributed by atoms with Gasteiger partial charge < -0.3 is 14.6 Å². The Bertz CT molecular complexity index is 671. The quantitative estimate of drug-likeness (QED) is 0.920. The monoisotopic (exact) mass is 288 g/mol. The normalized spacial score (nSPS) is 12.3. The van der Waals surface area contributed by atoms with E-state index in [0.717, 1.165) is 5.52 Å². The largest absolute Gasteiger partial charge is 0.478 e. The molecule has 0 aliphatic heterocycles. The average Bonchev–Trinajstić information content (AvgIpc) is 2.91. The summed E-state index contributed by atoms with van der Waals surface area (Å²) in [5, 5.41) is 9.88. The van der Waals surface area contributed by atoms with Crippen LogP contribution in [0.3, 0.4) is 0 Å². The first-order valence-electron chi connectivity index (χ1n) is 7.12. The van der Waals surface area contributed by atoms with Crippen LogP contribution in [0.15, 0.2) is 30.5 Å². The maximum Gasteiger partial charge on any atom is 0.336 e. The van der Waals surface area contributed by atoms with Crippen molar-refractivity contribution in [1.82, 2.24) is 9.47 Å². The van der Waals surface area contributed by atoms with Gasteiger partial charge in [0.1, 0.15) is 6.04 Å². The second-order valence-corrected chi connectivity index (χ2v) is 4.95. The summed E-state index contributed by atoms with van der Waals surface area (Å²) in [4.78, 5) is 25.5. The Hall–Kier alpha value is -2.30. The van der Waals surface area contributed by atoms with E-state index in [9.17, 15) is 14.7 Å². The minimum absolute atomic E-state index is 0.0400. The number of carboxylic acid groups (broad SMARTS) is 1. The number of benzene rings is 1. The molecule has 1 amide bonds. The summed E-state index contributed by atoms with van der Waals surface area (Å²) in [5.41, 5.74) is 1.02. The minimum Gasteiger partial charge on any atom is -0.478 e. The molecule has 0 spiro atoms. The zero-order valence-electron chi connectivity index (χ0n) is 12.5. The molecule has 0 saturated carbocycles. The average molecular weight is 288 g/mol. The van der Waals surface area contributed by atoms with E-state index < -0.39 is 5.97 Å². The number of aromatic carboxylic acids is 1. The second kappa shape index (κ2) is 5.99. The molecule has 2 aromatic rings. The van der Waals surface area contributed by atoms with E-state index in [1.54, 1.807) is 29.3 Å². The number of carboxylic acids is 1. The molecule has 2 rings (SSSR count). The first kappa shape index (κ1) is 15.1. The van der Waals surface area contributed by atoms with E-state index in [1.165, 1.54) is 0 Å². The second-order valence-electron chi connectivity index (χ2n) is 4.95. The number of hydrogen-bond donors (Lipinski definition) is 1. The molecule has 1 aromatic carbocycles.